The molecule has 0 aliphatic carbocycles. The first kappa shape index (κ1) is 11.0. The van der Waals surface area contributed by atoms with Crippen LogP contribution in [0.1, 0.15) is 0 Å². The Morgan fingerprint density at radius 2 is 1.82 bits per heavy atom. The Morgan fingerprint density at radius 3 is 2.27 bits per heavy atom. The van der Waals surface area contributed by atoms with E-state index in [2.05, 4.69) is 5.29 Å². The van der Waals surface area contributed by atoms with E-state index in [4.69, 9.17) is 5.21 Å². The Morgan fingerprint density at radius 1 is 1.27 bits per heavy atom. The van der Waals surface area contributed by atoms with Crippen molar-refractivity contribution in [2.45, 2.75) is 0 Å². The molecule has 0 aliphatic rings. The second-order valence-electron chi connectivity index (χ2n) is 1.71. The number of rotatable bonds is 2. The molecule has 0 aliphatic heterocycles. The largest absolute Gasteiger partial charge is 0.265 e. The first-order chi connectivity index (χ1) is 4.84. The van der Waals surface area contributed by atoms with E-state index in [1.54, 1.807) is 30.3 Å². The van der Waals surface area contributed by atoms with Crippen LogP contribution in [0.15, 0.2) is 35.6 Å². The van der Waals surface area contributed by atoms with E-state index in [9.17, 15) is 4.91 Å². The molecule has 11 heavy (non-hydrogen) atoms. The Labute approximate surface area is 97.5 Å². The van der Waals surface area contributed by atoms with Crippen LogP contribution in [0.4, 0.5) is 5.69 Å². The molecule has 1 rings (SSSR count). The monoisotopic (exact) mass is 278 g/mol. The summed E-state index contributed by atoms with van der Waals surface area (Å²) >= 11 is 0. The minimum absolute atomic E-state index is 0. The van der Waals surface area contributed by atoms with Gasteiger partial charge in [-0.1, -0.05) is 18.2 Å². The van der Waals surface area contributed by atoms with Crippen molar-refractivity contribution < 1.29 is 47.0 Å². The van der Waals surface area contributed by atoms with Crippen molar-refractivity contribution in [3.63, 3.8) is 0 Å². The molecule has 56 valence electrons. The van der Waals surface area contributed by atoms with Crippen LogP contribution in [0.5, 0.6) is 0 Å². The van der Waals surface area contributed by atoms with Crippen LogP contribution in [-0.2, 0) is 0 Å². The van der Waals surface area contributed by atoms with Crippen LogP contribution in [0.25, 0.3) is 0 Å². The Bertz CT molecular complexity index is 217. The van der Waals surface area contributed by atoms with Crippen molar-refractivity contribution in [2.24, 2.45) is 5.29 Å². The molecule has 5 heteroatoms. The molecule has 0 aromatic heterocycles. The normalized spacial score (nSPS) is 8.09. The smallest absolute Gasteiger partial charge is 0.0932 e. The van der Waals surface area contributed by atoms with Crippen molar-refractivity contribution in [2.75, 3.05) is 5.17 Å². The quantitative estimate of drug-likeness (QED) is 0.660. The van der Waals surface area contributed by atoms with Gasteiger partial charge in [0.15, 0.2) is 0 Å². The van der Waals surface area contributed by atoms with Crippen molar-refractivity contribution in [3.8, 4) is 0 Å². The molecule has 0 amide bonds. The molecule has 0 fully saturated rings. The zero-order valence-electron chi connectivity index (χ0n) is 5.64. The first-order valence-electron chi connectivity index (χ1n) is 2.72. The van der Waals surface area contributed by atoms with E-state index in [0.717, 1.165) is 0 Å². The van der Waals surface area contributed by atoms with Gasteiger partial charge in [-0.3, -0.25) is 5.21 Å². The zero-order valence-corrected chi connectivity index (χ0v) is 8.78. The minimum atomic E-state index is 0. The predicted octanol–water partition coefficient (Wildman–Crippen LogP) is 1.56. The first-order valence-corrected chi connectivity index (χ1v) is 2.72. The van der Waals surface area contributed by atoms with Crippen LogP contribution in [0.3, 0.4) is 0 Å². The molecule has 0 atom stereocenters. The minimum Gasteiger partial charge on any atom is -0.265 e. The molecule has 0 spiro atoms. The van der Waals surface area contributed by atoms with Gasteiger partial charge >= 0.3 is 0 Å². The molecule has 0 unspecified atom stereocenters. The molecule has 0 bridgehead atoms. The molecule has 0 saturated heterocycles. The van der Waals surface area contributed by atoms with Gasteiger partial charge in [0.1, 0.15) is 0 Å². The molecular formula is C6H6CeN2O2. The molecule has 0 saturated carbocycles. The van der Waals surface area contributed by atoms with E-state index < -0.39 is 0 Å². The van der Waals surface area contributed by atoms with E-state index in [0.29, 0.717) is 5.69 Å². The molecule has 1 aromatic rings. The molecule has 4 nitrogen and oxygen atoms in total. The van der Waals surface area contributed by atoms with Crippen LogP contribution >= 0.6 is 0 Å². The third-order valence-corrected chi connectivity index (χ3v) is 1.06. The third kappa shape index (κ3) is 3.24. The summed E-state index contributed by atoms with van der Waals surface area (Å²) in [7, 11) is 0. The van der Waals surface area contributed by atoms with Gasteiger partial charge in [0, 0.05) is 41.7 Å². The van der Waals surface area contributed by atoms with Crippen molar-refractivity contribution >= 4 is 5.69 Å². The number of hydrogen-bond donors (Lipinski definition) is 1. The second kappa shape index (κ2) is 5.59. The summed E-state index contributed by atoms with van der Waals surface area (Å²) in [5.41, 5.74) is 0.359. The predicted molar refractivity (Wildman–Crippen MR) is 36.5 cm³/mol. The van der Waals surface area contributed by atoms with Gasteiger partial charge in [0.05, 0.1) is 11.0 Å². The molecule has 0 heterocycles. The van der Waals surface area contributed by atoms with Crippen LogP contribution < -0.4 is 5.17 Å². The molecule has 0 radical (unpaired) electrons. The van der Waals surface area contributed by atoms with E-state index in [1.807, 2.05) is 0 Å². The van der Waals surface area contributed by atoms with Gasteiger partial charge < -0.3 is 0 Å². The summed E-state index contributed by atoms with van der Waals surface area (Å²) in [4.78, 5) is 9.73. The van der Waals surface area contributed by atoms with Gasteiger partial charge in [0.25, 0.3) is 0 Å². The fourth-order valence-corrected chi connectivity index (χ4v) is 0.608. The second-order valence-corrected chi connectivity index (χ2v) is 1.71. The summed E-state index contributed by atoms with van der Waals surface area (Å²) in [6.07, 6.45) is 0. The Kier molecular flexibility index (Phi) is 5.57. The van der Waals surface area contributed by atoms with Crippen LogP contribution in [0, 0.1) is 46.7 Å². The number of hydrogen-bond acceptors (Lipinski definition) is 3. The summed E-state index contributed by atoms with van der Waals surface area (Å²) in [5, 5.41) is 11.3. The summed E-state index contributed by atoms with van der Waals surface area (Å²) in [5.74, 6) is 0. The van der Waals surface area contributed by atoms with Crippen molar-refractivity contribution in [1.82, 2.24) is 0 Å². The third-order valence-electron chi connectivity index (χ3n) is 1.06. The van der Waals surface area contributed by atoms with Crippen molar-refractivity contribution in [3.05, 3.63) is 35.2 Å². The van der Waals surface area contributed by atoms with Crippen LogP contribution in [-0.4, -0.2) is 5.21 Å². The zero-order chi connectivity index (χ0) is 7.40. The molecule has 1 aromatic carbocycles. The maximum Gasteiger partial charge on any atom is 0.0932 e. The average molecular weight is 278 g/mol. The Balaban J connectivity index is 0.000001000. The maximum atomic E-state index is 9.73. The standard InChI is InChI=1S/C6H6N2O2.Ce/c9-7-8(10)6-4-2-1-3-5-6;/h1-5,10H;. The van der Waals surface area contributed by atoms with Crippen molar-refractivity contribution in [1.29, 1.82) is 0 Å². The average Bonchev–Trinajstić information content (AvgIpc) is 2.05. The van der Waals surface area contributed by atoms with Gasteiger partial charge in [-0.25, -0.2) is 0 Å². The van der Waals surface area contributed by atoms with Gasteiger partial charge in [-0.15, -0.1) is 10.1 Å². The van der Waals surface area contributed by atoms with Crippen LogP contribution in [0.2, 0.25) is 0 Å². The Hall–Kier alpha value is -0.0434. The van der Waals surface area contributed by atoms with E-state index in [-0.39, 0.29) is 46.9 Å². The topological polar surface area (TPSA) is 52.9 Å². The molecular weight excluding hydrogens is 272 g/mol. The summed E-state index contributed by atoms with van der Waals surface area (Å²) in [6.45, 7) is 0. The van der Waals surface area contributed by atoms with Gasteiger partial charge in [0.2, 0.25) is 0 Å². The fourth-order valence-electron chi connectivity index (χ4n) is 0.608. The van der Waals surface area contributed by atoms with Gasteiger partial charge in [-0.05, 0) is 12.1 Å². The maximum absolute atomic E-state index is 9.73. The van der Waals surface area contributed by atoms with E-state index in [1.165, 1.54) is 0 Å². The summed E-state index contributed by atoms with van der Waals surface area (Å²) in [6, 6.07) is 8.32. The number of anilines is 1. The van der Waals surface area contributed by atoms with E-state index >= 15 is 0 Å². The SMILES string of the molecule is O=NN(O)c1ccccc1.[Ce]. The number of para-hydroxylation sites is 1. The number of benzene rings is 1. The summed E-state index contributed by atoms with van der Waals surface area (Å²) < 4.78 is 0. The fraction of sp³-hybridized carbons (Fsp3) is 0. The number of nitrogens with zero attached hydrogens (tertiary/aromatic N) is 2. The number of nitroso groups, excluding NO2 is 1. The van der Waals surface area contributed by atoms with Gasteiger partial charge in [-0.2, -0.15) is 0 Å². The molecule has 1 N–H and O–H groups in total.